The van der Waals surface area contributed by atoms with Crippen LogP contribution >= 0.6 is 0 Å². The molecule has 24 heavy (non-hydrogen) atoms. The Morgan fingerprint density at radius 3 is 2.92 bits per heavy atom. The largest absolute Gasteiger partial charge is 0.467 e. The average Bonchev–Trinajstić information content (AvgIpc) is 2.96. The number of rotatable bonds is 7. The first kappa shape index (κ1) is 18.8. The molecule has 2 atom stereocenters. The maximum Gasteiger partial charge on any atom is 0.318 e. The minimum Gasteiger partial charge on any atom is -0.467 e. The van der Waals surface area contributed by atoms with Crippen LogP contribution in [0.3, 0.4) is 0 Å². The van der Waals surface area contributed by atoms with Crippen LogP contribution in [0.2, 0.25) is 0 Å². The number of likely N-dealkylation sites (tertiary alicyclic amines) is 1. The summed E-state index contributed by atoms with van der Waals surface area (Å²) in [4.78, 5) is 14.7. The molecule has 1 aliphatic rings. The maximum atomic E-state index is 12.8. The SMILES string of the molecule is CC(C)CC(CCO)CNC(=O)N1CCCCCC1c1ccco1. The van der Waals surface area contributed by atoms with Crippen molar-refractivity contribution >= 4 is 6.03 Å². The molecule has 5 heteroatoms. The number of carbonyl (C=O) groups is 1. The summed E-state index contributed by atoms with van der Waals surface area (Å²) in [6.45, 7) is 5.92. The lowest BCUT2D eigenvalue weighted by Crippen LogP contribution is -2.44. The predicted octanol–water partition coefficient (Wildman–Crippen LogP) is 3.95. The molecule has 2 amide bonds. The van der Waals surface area contributed by atoms with Crippen molar-refractivity contribution in [2.45, 2.75) is 58.4 Å². The third-order valence-corrected chi connectivity index (χ3v) is 4.77. The van der Waals surface area contributed by atoms with E-state index in [0.717, 1.165) is 50.8 Å². The second-order valence-electron chi connectivity index (χ2n) is 7.27. The summed E-state index contributed by atoms with van der Waals surface area (Å²) < 4.78 is 5.57. The quantitative estimate of drug-likeness (QED) is 0.792. The van der Waals surface area contributed by atoms with Gasteiger partial charge in [-0.15, -0.1) is 0 Å². The molecule has 2 rings (SSSR count). The van der Waals surface area contributed by atoms with Crippen molar-refractivity contribution in [3.8, 4) is 0 Å². The zero-order valence-corrected chi connectivity index (χ0v) is 15.0. The van der Waals surface area contributed by atoms with Gasteiger partial charge in [-0.25, -0.2) is 4.79 Å². The topological polar surface area (TPSA) is 65.7 Å². The van der Waals surface area contributed by atoms with Crippen LogP contribution in [0.25, 0.3) is 0 Å². The maximum absolute atomic E-state index is 12.8. The van der Waals surface area contributed by atoms with Gasteiger partial charge in [0.2, 0.25) is 0 Å². The molecule has 0 saturated carbocycles. The lowest BCUT2D eigenvalue weighted by Gasteiger charge is -2.30. The first-order chi connectivity index (χ1) is 11.6. The number of urea groups is 1. The van der Waals surface area contributed by atoms with E-state index in [0.29, 0.717) is 18.4 Å². The summed E-state index contributed by atoms with van der Waals surface area (Å²) in [5.41, 5.74) is 0. The minimum atomic E-state index is -0.00926. The molecule has 1 aromatic heterocycles. The molecule has 1 aromatic rings. The molecule has 0 radical (unpaired) electrons. The molecule has 136 valence electrons. The highest BCUT2D eigenvalue weighted by molar-refractivity contribution is 5.74. The van der Waals surface area contributed by atoms with Crippen LogP contribution in [0, 0.1) is 11.8 Å². The first-order valence-corrected chi connectivity index (χ1v) is 9.30. The third kappa shape index (κ3) is 5.55. The number of aliphatic hydroxyl groups is 1. The Balaban J connectivity index is 1.97. The van der Waals surface area contributed by atoms with Crippen molar-refractivity contribution in [3.63, 3.8) is 0 Å². The molecule has 5 nitrogen and oxygen atoms in total. The third-order valence-electron chi connectivity index (χ3n) is 4.77. The number of carbonyl (C=O) groups excluding carboxylic acids is 1. The molecular weight excluding hydrogens is 304 g/mol. The van der Waals surface area contributed by atoms with Crippen LogP contribution in [0.15, 0.2) is 22.8 Å². The molecule has 0 bridgehead atoms. The van der Waals surface area contributed by atoms with Crippen molar-refractivity contribution in [2.75, 3.05) is 19.7 Å². The van der Waals surface area contributed by atoms with E-state index < -0.39 is 0 Å². The van der Waals surface area contributed by atoms with Crippen molar-refractivity contribution in [1.82, 2.24) is 10.2 Å². The van der Waals surface area contributed by atoms with Gasteiger partial charge in [0.25, 0.3) is 0 Å². The van der Waals surface area contributed by atoms with Gasteiger partial charge in [0.1, 0.15) is 5.76 Å². The van der Waals surface area contributed by atoms with E-state index in [-0.39, 0.29) is 18.7 Å². The van der Waals surface area contributed by atoms with E-state index in [4.69, 9.17) is 4.42 Å². The van der Waals surface area contributed by atoms with Crippen molar-refractivity contribution in [2.24, 2.45) is 11.8 Å². The normalized spacial score (nSPS) is 20.0. The predicted molar refractivity (Wildman–Crippen MR) is 94.7 cm³/mol. The van der Waals surface area contributed by atoms with E-state index in [1.165, 1.54) is 0 Å². The van der Waals surface area contributed by atoms with Crippen LogP contribution in [0.5, 0.6) is 0 Å². The van der Waals surface area contributed by atoms with Crippen molar-refractivity contribution in [3.05, 3.63) is 24.2 Å². The van der Waals surface area contributed by atoms with Crippen LogP contribution in [-0.2, 0) is 0 Å². The second kappa shape index (κ2) is 9.72. The standard InChI is InChI=1S/C19H32N2O3/c1-15(2)13-16(9-11-22)14-20-19(23)21-10-5-3-4-7-17(21)18-8-6-12-24-18/h6,8,12,15-17,22H,3-5,7,9-11,13-14H2,1-2H3,(H,20,23). The van der Waals surface area contributed by atoms with Gasteiger partial charge >= 0.3 is 6.03 Å². The highest BCUT2D eigenvalue weighted by Crippen LogP contribution is 2.30. The molecule has 1 aliphatic heterocycles. The van der Waals surface area contributed by atoms with E-state index in [9.17, 15) is 9.90 Å². The zero-order chi connectivity index (χ0) is 17.4. The van der Waals surface area contributed by atoms with E-state index in [1.54, 1.807) is 6.26 Å². The smallest absolute Gasteiger partial charge is 0.318 e. The monoisotopic (exact) mass is 336 g/mol. The molecule has 2 heterocycles. The number of hydrogen-bond donors (Lipinski definition) is 2. The number of nitrogens with zero attached hydrogens (tertiary/aromatic N) is 1. The van der Waals surface area contributed by atoms with Gasteiger partial charge in [-0.3, -0.25) is 0 Å². The Labute approximate surface area is 145 Å². The number of hydrogen-bond acceptors (Lipinski definition) is 3. The van der Waals surface area contributed by atoms with Crippen LogP contribution < -0.4 is 5.32 Å². The van der Waals surface area contributed by atoms with Crippen LogP contribution in [0.4, 0.5) is 4.79 Å². The molecule has 0 aromatic carbocycles. The van der Waals surface area contributed by atoms with E-state index in [2.05, 4.69) is 19.2 Å². The average molecular weight is 336 g/mol. The Morgan fingerprint density at radius 2 is 2.25 bits per heavy atom. The van der Waals surface area contributed by atoms with Crippen molar-refractivity contribution < 1.29 is 14.3 Å². The summed E-state index contributed by atoms with van der Waals surface area (Å²) >= 11 is 0. The fourth-order valence-corrected chi connectivity index (χ4v) is 3.61. The Kier molecular flexibility index (Phi) is 7.63. The van der Waals surface area contributed by atoms with Gasteiger partial charge < -0.3 is 19.7 Å². The van der Waals surface area contributed by atoms with Gasteiger partial charge in [0.15, 0.2) is 0 Å². The number of aliphatic hydroxyl groups excluding tert-OH is 1. The summed E-state index contributed by atoms with van der Waals surface area (Å²) in [7, 11) is 0. The van der Waals surface area contributed by atoms with Gasteiger partial charge in [0.05, 0.1) is 12.3 Å². The Bertz CT molecular complexity index is 473. The number of amides is 2. The minimum absolute atomic E-state index is 0.00926. The molecule has 2 unspecified atom stereocenters. The number of nitrogens with one attached hydrogen (secondary N) is 1. The van der Waals surface area contributed by atoms with E-state index in [1.807, 2.05) is 17.0 Å². The molecule has 0 aliphatic carbocycles. The fourth-order valence-electron chi connectivity index (χ4n) is 3.61. The van der Waals surface area contributed by atoms with Crippen molar-refractivity contribution in [1.29, 1.82) is 0 Å². The highest BCUT2D eigenvalue weighted by atomic mass is 16.3. The van der Waals surface area contributed by atoms with Gasteiger partial charge in [-0.05, 0) is 49.7 Å². The molecule has 1 saturated heterocycles. The molecule has 0 spiro atoms. The molecular formula is C19H32N2O3. The zero-order valence-electron chi connectivity index (χ0n) is 15.0. The first-order valence-electron chi connectivity index (χ1n) is 9.30. The summed E-state index contributed by atoms with van der Waals surface area (Å²) in [5.74, 6) is 1.77. The van der Waals surface area contributed by atoms with Gasteiger partial charge in [0, 0.05) is 19.7 Å². The van der Waals surface area contributed by atoms with Crippen LogP contribution in [0.1, 0.15) is 64.2 Å². The van der Waals surface area contributed by atoms with Gasteiger partial charge in [-0.1, -0.05) is 26.7 Å². The Hall–Kier alpha value is -1.49. The van der Waals surface area contributed by atoms with Crippen LogP contribution in [-0.4, -0.2) is 35.7 Å². The summed E-state index contributed by atoms with van der Waals surface area (Å²) in [6, 6.07) is 3.87. The number of furan rings is 1. The molecule has 1 fully saturated rings. The Morgan fingerprint density at radius 1 is 1.42 bits per heavy atom. The van der Waals surface area contributed by atoms with Gasteiger partial charge in [-0.2, -0.15) is 0 Å². The van der Waals surface area contributed by atoms with E-state index >= 15 is 0 Å². The highest BCUT2D eigenvalue weighted by Gasteiger charge is 2.28. The lowest BCUT2D eigenvalue weighted by molar-refractivity contribution is 0.162. The lowest BCUT2D eigenvalue weighted by atomic mass is 9.94. The molecule has 2 N–H and O–H groups in total. The second-order valence-corrected chi connectivity index (χ2v) is 7.27. The summed E-state index contributed by atoms with van der Waals surface area (Å²) in [6.07, 6.45) is 7.69. The fraction of sp³-hybridized carbons (Fsp3) is 0.737. The summed E-state index contributed by atoms with van der Waals surface area (Å²) in [5, 5.41) is 12.3.